The Bertz CT molecular complexity index is 4510. The van der Waals surface area contributed by atoms with E-state index in [4.69, 9.17) is 28.2 Å². The second-order valence-corrected chi connectivity index (χ2v) is 18.5. The second-order valence-electron chi connectivity index (χ2n) is 18.5. The van der Waals surface area contributed by atoms with Crippen LogP contribution in [0.5, 0.6) is 0 Å². The van der Waals surface area contributed by atoms with Gasteiger partial charge in [0.15, 0.2) is 17.5 Å². The van der Waals surface area contributed by atoms with Gasteiger partial charge in [-0.15, -0.1) is 0 Å². The normalized spacial score (nSPS) is 13.3. The third kappa shape index (κ3) is 5.03. The number of benzene rings is 10. The van der Waals surface area contributed by atoms with Crippen molar-refractivity contribution in [1.29, 1.82) is 0 Å². The van der Waals surface area contributed by atoms with Gasteiger partial charge in [0.25, 0.3) is 0 Å². The van der Waals surface area contributed by atoms with Crippen LogP contribution in [-0.4, -0.2) is 15.0 Å². The minimum atomic E-state index is -0.439. The van der Waals surface area contributed by atoms with Crippen molar-refractivity contribution in [3.8, 4) is 67.5 Å². The van der Waals surface area contributed by atoms with E-state index in [1.165, 1.54) is 44.5 Å². The first-order valence-electron chi connectivity index (χ1n) is 23.7. The molecule has 0 unspecified atom stereocenters. The highest BCUT2D eigenvalue weighted by Crippen LogP contribution is 2.63. The average Bonchev–Trinajstić information content (AvgIpc) is 4.23. The van der Waals surface area contributed by atoms with Crippen molar-refractivity contribution in [3.63, 3.8) is 0 Å². The molecular weight excluding hydrogens is 859 g/mol. The SMILES string of the molecule is c1ccc2c(c1)-c1ccccc1C21c2ccccc2-c2ccc(-c3ccc4oc5cccc(-c6nc(-c7ccc8oc9ccccc9c8c7)nc(-c7cccc8oc9ccccc9c78)n6)c5c4c3)cc21. The van der Waals surface area contributed by atoms with E-state index >= 15 is 0 Å². The molecule has 6 heteroatoms. The molecule has 0 amide bonds. The van der Waals surface area contributed by atoms with E-state index in [2.05, 4.69) is 140 Å². The van der Waals surface area contributed by atoms with Crippen molar-refractivity contribution in [1.82, 2.24) is 15.0 Å². The average molecular weight is 894 g/mol. The van der Waals surface area contributed by atoms with Crippen molar-refractivity contribution in [2.45, 2.75) is 5.41 Å². The largest absolute Gasteiger partial charge is 0.456 e. The van der Waals surface area contributed by atoms with Gasteiger partial charge in [0, 0.05) is 49.0 Å². The van der Waals surface area contributed by atoms with E-state index in [1.54, 1.807) is 0 Å². The van der Waals surface area contributed by atoms with Crippen molar-refractivity contribution in [2.24, 2.45) is 0 Å². The lowest BCUT2D eigenvalue weighted by atomic mass is 9.70. The standard InChI is InChI=1S/C64H35N3O3/c1-6-20-49-39(13-1)40-14-2-7-21-50(40)64(49)51-22-8-3-15-41(51)42-30-27-37(35-52(42)64)36-28-31-56-48(33-36)60-46(19-12-26-58(60)70-56)63-66-61(38-29-32-55-47(34-38)43-16-4-9-23-53(43)68-55)65-62(67-63)45-18-11-25-57-59(45)44-17-5-10-24-54(44)69-57/h1-35H. The molecule has 0 fully saturated rings. The molecule has 1 spiro atoms. The summed E-state index contributed by atoms with van der Waals surface area (Å²) in [5, 5.41) is 5.91. The Kier molecular flexibility index (Phi) is 7.45. The number of nitrogens with zero attached hydrogens (tertiary/aromatic N) is 3. The Hall–Kier alpha value is -9.39. The molecule has 2 aliphatic carbocycles. The molecule has 6 nitrogen and oxygen atoms in total. The van der Waals surface area contributed by atoms with E-state index in [9.17, 15) is 0 Å². The fraction of sp³-hybridized carbons (Fsp3) is 0.0156. The summed E-state index contributed by atoms with van der Waals surface area (Å²) >= 11 is 0. The van der Waals surface area contributed by atoms with E-state index in [-0.39, 0.29) is 0 Å². The number of furan rings is 3. The van der Waals surface area contributed by atoms with Crippen LogP contribution in [0.2, 0.25) is 0 Å². The van der Waals surface area contributed by atoms with E-state index in [0.29, 0.717) is 17.5 Å². The maximum Gasteiger partial charge on any atom is 0.164 e. The lowest BCUT2D eigenvalue weighted by molar-refractivity contribution is 0.668. The molecule has 2 aliphatic rings. The quantitative estimate of drug-likeness (QED) is 0.175. The summed E-state index contributed by atoms with van der Waals surface area (Å²) in [6.45, 7) is 0. The molecule has 0 N–H and O–H groups in total. The van der Waals surface area contributed by atoms with Gasteiger partial charge in [-0.25, -0.2) is 15.0 Å². The number of hydrogen-bond acceptors (Lipinski definition) is 6. The van der Waals surface area contributed by atoms with Gasteiger partial charge in [0.2, 0.25) is 0 Å². The molecule has 10 aromatic carbocycles. The molecule has 0 radical (unpaired) electrons. The summed E-state index contributed by atoms with van der Waals surface area (Å²) in [5.41, 5.74) is 19.5. The third-order valence-corrected chi connectivity index (χ3v) is 15.0. The molecule has 14 aromatic rings. The van der Waals surface area contributed by atoms with Gasteiger partial charge in [0.05, 0.1) is 5.41 Å². The zero-order valence-corrected chi connectivity index (χ0v) is 37.3. The van der Waals surface area contributed by atoms with Crippen LogP contribution in [0, 0.1) is 0 Å². The molecule has 0 atom stereocenters. The molecule has 4 heterocycles. The molecule has 0 aliphatic heterocycles. The van der Waals surface area contributed by atoms with Gasteiger partial charge in [-0.05, 0) is 116 Å². The van der Waals surface area contributed by atoms with Crippen LogP contribution in [0.3, 0.4) is 0 Å². The van der Waals surface area contributed by atoms with Gasteiger partial charge in [-0.2, -0.15) is 0 Å². The molecular formula is C64H35N3O3. The Morgan fingerprint density at radius 2 is 0.671 bits per heavy atom. The summed E-state index contributed by atoms with van der Waals surface area (Å²) in [6, 6.07) is 75.1. The molecule has 70 heavy (non-hydrogen) atoms. The second kappa shape index (κ2) is 13.8. The summed E-state index contributed by atoms with van der Waals surface area (Å²) in [6.07, 6.45) is 0. The number of aromatic nitrogens is 3. The number of para-hydroxylation sites is 2. The zero-order valence-electron chi connectivity index (χ0n) is 37.3. The van der Waals surface area contributed by atoms with Crippen molar-refractivity contribution in [2.75, 3.05) is 0 Å². The van der Waals surface area contributed by atoms with Crippen molar-refractivity contribution >= 4 is 65.8 Å². The Balaban J connectivity index is 0.908. The highest BCUT2D eigenvalue weighted by atomic mass is 16.3. The topological polar surface area (TPSA) is 78.1 Å². The number of hydrogen-bond donors (Lipinski definition) is 0. The smallest absolute Gasteiger partial charge is 0.164 e. The molecule has 16 rings (SSSR count). The van der Waals surface area contributed by atoms with Gasteiger partial charge in [-0.3, -0.25) is 0 Å². The predicted molar refractivity (Wildman–Crippen MR) is 280 cm³/mol. The van der Waals surface area contributed by atoms with Crippen molar-refractivity contribution < 1.29 is 13.3 Å². The number of rotatable bonds is 4. The van der Waals surface area contributed by atoms with Gasteiger partial charge in [0.1, 0.15) is 33.5 Å². The summed E-state index contributed by atoms with van der Waals surface area (Å²) in [5.74, 6) is 1.63. The first kappa shape index (κ1) is 37.7. The molecule has 0 saturated heterocycles. The minimum Gasteiger partial charge on any atom is -0.456 e. The zero-order chi connectivity index (χ0) is 45.7. The maximum atomic E-state index is 6.69. The Labute approximate surface area is 399 Å². The first-order chi connectivity index (χ1) is 34.7. The van der Waals surface area contributed by atoms with Crippen LogP contribution in [0.25, 0.3) is 133 Å². The van der Waals surface area contributed by atoms with Crippen LogP contribution >= 0.6 is 0 Å². The first-order valence-corrected chi connectivity index (χ1v) is 23.7. The van der Waals surface area contributed by atoms with E-state index in [0.717, 1.165) is 93.6 Å². The van der Waals surface area contributed by atoms with Gasteiger partial charge < -0.3 is 13.3 Å². The summed E-state index contributed by atoms with van der Waals surface area (Å²) < 4.78 is 19.3. The monoisotopic (exact) mass is 893 g/mol. The van der Waals surface area contributed by atoms with Crippen LogP contribution in [-0.2, 0) is 5.41 Å². The molecule has 0 bridgehead atoms. The highest BCUT2D eigenvalue weighted by molar-refractivity contribution is 6.14. The summed E-state index contributed by atoms with van der Waals surface area (Å²) in [4.78, 5) is 16.0. The third-order valence-electron chi connectivity index (χ3n) is 15.0. The fourth-order valence-electron chi connectivity index (χ4n) is 12.0. The van der Waals surface area contributed by atoms with Crippen molar-refractivity contribution in [3.05, 3.63) is 235 Å². The Morgan fingerprint density at radius 1 is 0.257 bits per heavy atom. The summed E-state index contributed by atoms with van der Waals surface area (Å²) in [7, 11) is 0. The van der Waals surface area contributed by atoms with Gasteiger partial charge >= 0.3 is 0 Å². The highest BCUT2D eigenvalue weighted by Gasteiger charge is 2.51. The van der Waals surface area contributed by atoms with Crippen LogP contribution < -0.4 is 0 Å². The van der Waals surface area contributed by atoms with E-state index in [1.807, 2.05) is 72.8 Å². The van der Waals surface area contributed by atoms with Crippen LogP contribution in [0.15, 0.2) is 226 Å². The fourth-order valence-corrected chi connectivity index (χ4v) is 12.0. The number of fused-ring (bicyclic) bond motifs is 19. The maximum absolute atomic E-state index is 6.69. The van der Waals surface area contributed by atoms with Crippen LogP contribution in [0.4, 0.5) is 0 Å². The lowest BCUT2D eigenvalue weighted by Gasteiger charge is -2.30. The lowest BCUT2D eigenvalue weighted by Crippen LogP contribution is -2.25. The van der Waals surface area contributed by atoms with Gasteiger partial charge in [-0.1, -0.05) is 152 Å². The predicted octanol–water partition coefficient (Wildman–Crippen LogP) is 16.6. The van der Waals surface area contributed by atoms with Crippen LogP contribution in [0.1, 0.15) is 22.3 Å². The Morgan fingerprint density at radius 3 is 1.33 bits per heavy atom. The van der Waals surface area contributed by atoms with E-state index < -0.39 is 5.41 Å². The molecule has 324 valence electrons. The minimum absolute atomic E-state index is 0.439. The molecule has 4 aromatic heterocycles. The molecule has 0 saturated carbocycles.